The summed E-state index contributed by atoms with van der Waals surface area (Å²) in [5, 5.41) is 0.509. The molecule has 0 bridgehead atoms. The van der Waals surface area contributed by atoms with Gasteiger partial charge in [0.05, 0.1) is 6.61 Å². The van der Waals surface area contributed by atoms with Gasteiger partial charge >= 0.3 is 6.36 Å². The van der Waals surface area contributed by atoms with Crippen LogP contribution in [0.1, 0.15) is 5.56 Å². The Kier molecular flexibility index (Phi) is 4.44. The second-order valence-corrected chi connectivity index (χ2v) is 3.46. The lowest BCUT2D eigenvalue weighted by atomic mass is 10.2. The Morgan fingerprint density at radius 1 is 1.25 bits per heavy atom. The molecule has 16 heavy (non-hydrogen) atoms. The summed E-state index contributed by atoms with van der Waals surface area (Å²) in [6.45, 7) is 1.09. The van der Waals surface area contributed by atoms with Crippen molar-refractivity contribution in [1.82, 2.24) is 0 Å². The van der Waals surface area contributed by atoms with Crippen LogP contribution in [0.25, 0.3) is 0 Å². The van der Waals surface area contributed by atoms with Crippen LogP contribution in [0.15, 0.2) is 18.2 Å². The highest BCUT2D eigenvalue weighted by Gasteiger charge is 2.28. The number of alkyl halides is 3. The van der Waals surface area contributed by atoms with Crippen LogP contribution < -0.4 is 4.74 Å². The summed E-state index contributed by atoms with van der Waals surface area (Å²) in [4.78, 5) is 0. The van der Waals surface area contributed by atoms with Gasteiger partial charge in [-0.15, -0.1) is 13.2 Å². The average Bonchev–Trinajstić information content (AvgIpc) is 2.17. The summed E-state index contributed by atoms with van der Waals surface area (Å²) in [5.41, 5.74) is 0.876. The maximum Gasteiger partial charge on any atom is 0.522 e. The van der Waals surface area contributed by atoms with E-state index >= 15 is 0 Å². The molecule has 0 aromatic heterocycles. The maximum absolute atomic E-state index is 11.6. The molecule has 0 aliphatic carbocycles. The van der Waals surface area contributed by atoms with E-state index in [2.05, 4.69) is 4.74 Å². The van der Waals surface area contributed by atoms with Crippen molar-refractivity contribution in [3.8, 4) is 5.75 Å². The highest BCUT2D eigenvalue weighted by atomic mass is 35.5. The molecule has 1 aromatic rings. The fourth-order valence-electron chi connectivity index (χ4n) is 0.980. The molecule has 1 rings (SSSR count). The highest BCUT2D eigenvalue weighted by molar-refractivity contribution is 6.31. The van der Waals surface area contributed by atoms with E-state index in [1.165, 1.54) is 0 Å². The summed E-state index contributed by atoms with van der Waals surface area (Å²) in [6, 6.07) is 4.90. The smallest absolute Gasteiger partial charge is 0.491 e. The monoisotopic (exact) mass is 254 g/mol. The van der Waals surface area contributed by atoms with Gasteiger partial charge in [-0.05, 0) is 24.6 Å². The lowest BCUT2D eigenvalue weighted by Crippen LogP contribution is -2.18. The third-order valence-electron chi connectivity index (χ3n) is 1.76. The van der Waals surface area contributed by atoms with Crippen LogP contribution >= 0.6 is 11.6 Å². The minimum atomic E-state index is -4.62. The molecular formula is C10H10ClF3O2. The minimum Gasteiger partial charge on any atom is -0.491 e. The molecule has 0 unspecified atom stereocenters. The zero-order chi connectivity index (χ0) is 12.2. The predicted octanol–water partition coefficient (Wildman–Crippen LogP) is 3.56. The topological polar surface area (TPSA) is 18.5 Å². The van der Waals surface area contributed by atoms with Crippen molar-refractivity contribution in [3.63, 3.8) is 0 Å². The third kappa shape index (κ3) is 4.72. The molecule has 0 radical (unpaired) electrons. The highest BCUT2D eigenvalue weighted by Crippen LogP contribution is 2.22. The Hall–Kier alpha value is -0.940. The molecule has 0 N–H and O–H groups in total. The van der Waals surface area contributed by atoms with E-state index in [4.69, 9.17) is 16.3 Å². The second kappa shape index (κ2) is 5.41. The molecule has 6 heteroatoms. The average molecular weight is 255 g/mol. The van der Waals surface area contributed by atoms with Crippen LogP contribution in [0.5, 0.6) is 5.75 Å². The zero-order valence-corrected chi connectivity index (χ0v) is 9.23. The van der Waals surface area contributed by atoms with Crippen molar-refractivity contribution in [3.05, 3.63) is 28.8 Å². The fraction of sp³-hybridized carbons (Fsp3) is 0.400. The minimum absolute atomic E-state index is 0.182. The SMILES string of the molecule is Cc1ccc(OCCOC(F)(F)F)cc1Cl. The van der Waals surface area contributed by atoms with Crippen molar-refractivity contribution >= 4 is 11.6 Å². The normalized spacial score (nSPS) is 11.6. The third-order valence-corrected chi connectivity index (χ3v) is 2.17. The molecule has 0 saturated heterocycles. The Morgan fingerprint density at radius 2 is 1.94 bits per heavy atom. The van der Waals surface area contributed by atoms with E-state index in [9.17, 15) is 13.2 Å². The van der Waals surface area contributed by atoms with Crippen molar-refractivity contribution in [2.45, 2.75) is 13.3 Å². The Bertz CT molecular complexity index is 352. The van der Waals surface area contributed by atoms with Crippen LogP contribution in [0.2, 0.25) is 5.02 Å². The first-order chi connectivity index (χ1) is 7.38. The molecule has 2 nitrogen and oxygen atoms in total. The number of halogens is 4. The Labute approximate surface area is 95.9 Å². The molecule has 0 fully saturated rings. The lowest BCUT2D eigenvalue weighted by Gasteiger charge is -2.09. The van der Waals surface area contributed by atoms with Crippen molar-refractivity contribution in [2.24, 2.45) is 0 Å². The quantitative estimate of drug-likeness (QED) is 0.765. The number of hydrogen-bond acceptors (Lipinski definition) is 2. The predicted molar refractivity (Wildman–Crippen MR) is 53.7 cm³/mol. The van der Waals surface area contributed by atoms with E-state index in [-0.39, 0.29) is 6.61 Å². The number of hydrogen-bond donors (Lipinski definition) is 0. The van der Waals surface area contributed by atoms with E-state index in [1.807, 2.05) is 6.92 Å². The van der Waals surface area contributed by atoms with E-state index < -0.39 is 13.0 Å². The summed E-state index contributed by atoms with van der Waals surface area (Å²) in [7, 11) is 0. The van der Waals surface area contributed by atoms with E-state index in [0.29, 0.717) is 10.8 Å². The van der Waals surface area contributed by atoms with Gasteiger partial charge in [-0.1, -0.05) is 17.7 Å². The van der Waals surface area contributed by atoms with Gasteiger partial charge in [0, 0.05) is 5.02 Å². The molecular weight excluding hydrogens is 245 g/mol. The summed E-state index contributed by atoms with van der Waals surface area (Å²) >= 11 is 5.81. The van der Waals surface area contributed by atoms with E-state index in [0.717, 1.165) is 5.56 Å². The van der Waals surface area contributed by atoms with Crippen LogP contribution in [0.4, 0.5) is 13.2 Å². The van der Waals surface area contributed by atoms with Crippen LogP contribution in [-0.2, 0) is 4.74 Å². The van der Waals surface area contributed by atoms with Gasteiger partial charge in [-0.2, -0.15) is 0 Å². The van der Waals surface area contributed by atoms with Crippen molar-refractivity contribution in [2.75, 3.05) is 13.2 Å². The van der Waals surface area contributed by atoms with Gasteiger partial charge in [-0.3, -0.25) is 4.74 Å². The van der Waals surface area contributed by atoms with Gasteiger partial charge in [0.25, 0.3) is 0 Å². The number of ether oxygens (including phenoxy) is 2. The molecule has 90 valence electrons. The Morgan fingerprint density at radius 3 is 2.50 bits per heavy atom. The molecule has 0 saturated carbocycles. The van der Waals surface area contributed by atoms with Crippen molar-refractivity contribution < 1.29 is 22.6 Å². The van der Waals surface area contributed by atoms with Gasteiger partial charge < -0.3 is 4.74 Å². The lowest BCUT2D eigenvalue weighted by molar-refractivity contribution is -0.325. The van der Waals surface area contributed by atoms with Gasteiger partial charge in [-0.25, -0.2) is 0 Å². The standard InChI is InChI=1S/C10H10ClF3O2/c1-7-2-3-8(6-9(7)11)15-4-5-16-10(12,13)14/h2-3,6H,4-5H2,1H3. The van der Waals surface area contributed by atoms with Crippen LogP contribution in [-0.4, -0.2) is 19.6 Å². The van der Waals surface area contributed by atoms with Crippen molar-refractivity contribution in [1.29, 1.82) is 0 Å². The fourth-order valence-corrected chi connectivity index (χ4v) is 1.15. The number of benzene rings is 1. The summed E-state index contributed by atoms with van der Waals surface area (Å²) in [5.74, 6) is 0.418. The van der Waals surface area contributed by atoms with E-state index in [1.54, 1.807) is 18.2 Å². The van der Waals surface area contributed by atoms with Gasteiger partial charge in [0.1, 0.15) is 12.4 Å². The summed E-state index contributed by atoms with van der Waals surface area (Å²) in [6.07, 6.45) is -4.62. The molecule has 1 aromatic carbocycles. The molecule has 0 atom stereocenters. The molecule has 0 aliphatic rings. The molecule has 0 amide bonds. The number of aryl methyl sites for hydroxylation is 1. The maximum atomic E-state index is 11.6. The number of rotatable bonds is 4. The second-order valence-electron chi connectivity index (χ2n) is 3.05. The first-order valence-electron chi connectivity index (χ1n) is 4.48. The van der Waals surface area contributed by atoms with Gasteiger partial charge in [0.2, 0.25) is 0 Å². The Balaban J connectivity index is 2.35. The van der Waals surface area contributed by atoms with Crippen LogP contribution in [0, 0.1) is 6.92 Å². The first-order valence-corrected chi connectivity index (χ1v) is 4.86. The largest absolute Gasteiger partial charge is 0.522 e. The molecule has 0 spiro atoms. The first kappa shape index (κ1) is 13.1. The van der Waals surface area contributed by atoms with Crippen LogP contribution in [0.3, 0.4) is 0 Å². The molecule has 0 heterocycles. The van der Waals surface area contributed by atoms with Gasteiger partial charge in [0.15, 0.2) is 0 Å². The zero-order valence-electron chi connectivity index (χ0n) is 8.47. The molecule has 0 aliphatic heterocycles. The summed E-state index contributed by atoms with van der Waals surface area (Å²) < 4.78 is 43.4.